The first-order chi connectivity index (χ1) is 14.0. The van der Waals surface area contributed by atoms with Crippen LogP contribution in [-0.4, -0.2) is 58.7 Å². The van der Waals surface area contributed by atoms with Crippen LogP contribution in [0.4, 0.5) is 10.8 Å². The highest BCUT2D eigenvalue weighted by molar-refractivity contribution is 7.13. The molecule has 9 heteroatoms. The lowest BCUT2D eigenvalue weighted by molar-refractivity contribution is -0.117. The van der Waals surface area contributed by atoms with Crippen molar-refractivity contribution in [2.24, 2.45) is 0 Å². The van der Waals surface area contributed by atoms with Crippen molar-refractivity contribution in [3.05, 3.63) is 40.5 Å². The summed E-state index contributed by atoms with van der Waals surface area (Å²) in [5.41, 5.74) is 6.32. The lowest BCUT2D eigenvalue weighted by Gasteiger charge is -2.36. The second kappa shape index (κ2) is 8.11. The molecule has 0 radical (unpaired) electrons. The maximum Gasteiger partial charge on any atom is 0.240 e. The molecular formula is C20H21N7OS. The normalized spacial score (nSPS) is 14.7. The monoisotopic (exact) mass is 407 g/mol. The standard InChI is InChI=1S/C20H21N7OS/c1-13-7-14(2)18-16(8-13)19(15(9-21)10-22-18)27-5-3-26(4-6-27)11-17(28)24-20-25-23-12-29-20/h7-8,10,12H,3-6,11H2,1-2H3,(H,24,25,28). The van der Waals surface area contributed by atoms with E-state index in [1.165, 1.54) is 11.3 Å². The number of carbonyl (C=O) groups is 1. The number of rotatable bonds is 4. The number of piperazine rings is 1. The second-order valence-electron chi connectivity index (χ2n) is 7.17. The number of pyridine rings is 1. The van der Waals surface area contributed by atoms with Crippen molar-refractivity contribution in [1.29, 1.82) is 5.26 Å². The Hall–Kier alpha value is -3.09. The van der Waals surface area contributed by atoms with E-state index in [4.69, 9.17) is 0 Å². The van der Waals surface area contributed by atoms with E-state index in [-0.39, 0.29) is 5.91 Å². The van der Waals surface area contributed by atoms with Crippen LogP contribution in [-0.2, 0) is 4.79 Å². The molecule has 0 unspecified atom stereocenters. The van der Waals surface area contributed by atoms with Gasteiger partial charge in [-0.1, -0.05) is 23.0 Å². The van der Waals surface area contributed by atoms with Gasteiger partial charge < -0.3 is 4.90 Å². The largest absolute Gasteiger partial charge is 0.367 e. The topological polar surface area (TPSA) is 98.0 Å². The summed E-state index contributed by atoms with van der Waals surface area (Å²) in [5.74, 6) is -0.0893. The molecule has 3 aromatic rings. The van der Waals surface area contributed by atoms with Gasteiger partial charge in [-0.2, -0.15) is 5.26 Å². The predicted molar refractivity (Wildman–Crippen MR) is 113 cm³/mol. The minimum atomic E-state index is -0.0893. The van der Waals surface area contributed by atoms with E-state index < -0.39 is 0 Å². The Bertz CT molecular complexity index is 1080. The van der Waals surface area contributed by atoms with Gasteiger partial charge in [0, 0.05) is 37.8 Å². The molecular weight excluding hydrogens is 386 g/mol. The van der Waals surface area contributed by atoms with Gasteiger partial charge in [0.25, 0.3) is 0 Å². The van der Waals surface area contributed by atoms with Crippen LogP contribution in [0.5, 0.6) is 0 Å². The summed E-state index contributed by atoms with van der Waals surface area (Å²) in [6.45, 7) is 7.39. The Morgan fingerprint density at radius 2 is 2.07 bits per heavy atom. The van der Waals surface area contributed by atoms with Crippen molar-refractivity contribution in [3.8, 4) is 6.07 Å². The summed E-state index contributed by atoms with van der Waals surface area (Å²) in [6.07, 6.45) is 1.67. The van der Waals surface area contributed by atoms with Gasteiger partial charge in [-0.25, -0.2) is 0 Å². The lowest BCUT2D eigenvalue weighted by atomic mass is 10.0. The average molecular weight is 408 g/mol. The van der Waals surface area contributed by atoms with E-state index in [0.717, 1.165) is 53.9 Å². The molecule has 1 aromatic carbocycles. The molecule has 148 valence electrons. The smallest absolute Gasteiger partial charge is 0.240 e. The van der Waals surface area contributed by atoms with Crippen LogP contribution in [0.2, 0.25) is 0 Å². The van der Waals surface area contributed by atoms with E-state index in [9.17, 15) is 10.1 Å². The maximum absolute atomic E-state index is 12.2. The first-order valence-electron chi connectivity index (χ1n) is 9.38. The minimum Gasteiger partial charge on any atom is -0.367 e. The molecule has 0 bridgehead atoms. The number of nitriles is 1. The Morgan fingerprint density at radius 3 is 2.76 bits per heavy atom. The summed E-state index contributed by atoms with van der Waals surface area (Å²) in [6, 6.07) is 6.51. The fourth-order valence-electron chi connectivity index (χ4n) is 3.79. The fraction of sp³-hybridized carbons (Fsp3) is 0.350. The van der Waals surface area contributed by atoms with Gasteiger partial charge in [-0.3, -0.25) is 20.0 Å². The molecule has 8 nitrogen and oxygen atoms in total. The van der Waals surface area contributed by atoms with Crippen LogP contribution in [0.15, 0.2) is 23.8 Å². The number of nitrogens with zero attached hydrogens (tertiary/aromatic N) is 6. The highest BCUT2D eigenvalue weighted by Crippen LogP contribution is 2.32. The number of benzene rings is 1. The molecule has 0 saturated carbocycles. The Balaban J connectivity index is 1.50. The number of aromatic nitrogens is 3. The molecule has 1 fully saturated rings. The van der Waals surface area contributed by atoms with Crippen LogP contribution >= 0.6 is 11.3 Å². The molecule has 4 rings (SSSR count). The molecule has 0 spiro atoms. The van der Waals surface area contributed by atoms with E-state index >= 15 is 0 Å². The molecule has 1 aliphatic heterocycles. The molecule has 29 heavy (non-hydrogen) atoms. The van der Waals surface area contributed by atoms with Gasteiger partial charge >= 0.3 is 0 Å². The summed E-state index contributed by atoms with van der Waals surface area (Å²) in [7, 11) is 0. The van der Waals surface area contributed by atoms with Crippen LogP contribution in [0.1, 0.15) is 16.7 Å². The van der Waals surface area contributed by atoms with Crippen molar-refractivity contribution in [1.82, 2.24) is 20.1 Å². The zero-order valence-electron chi connectivity index (χ0n) is 16.3. The number of carbonyl (C=O) groups excluding carboxylic acids is 1. The summed E-state index contributed by atoms with van der Waals surface area (Å²) in [5, 5.41) is 21.5. The SMILES string of the molecule is Cc1cc(C)c2ncc(C#N)c(N3CCN(CC(=O)Nc4nncs4)CC3)c2c1. The number of nitrogens with one attached hydrogen (secondary N) is 1. The van der Waals surface area contributed by atoms with E-state index in [1.54, 1.807) is 11.7 Å². The van der Waals surface area contributed by atoms with Gasteiger partial charge in [0.2, 0.25) is 11.0 Å². The summed E-state index contributed by atoms with van der Waals surface area (Å²) >= 11 is 1.30. The van der Waals surface area contributed by atoms with E-state index in [0.29, 0.717) is 17.2 Å². The molecule has 0 aliphatic carbocycles. The first kappa shape index (κ1) is 19.2. The van der Waals surface area contributed by atoms with Crippen molar-refractivity contribution in [3.63, 3.8) is 0 Å². The van der Waals surface area contributed by atoms with Crippen molar-refractivity contribution >= 4 is 39.0 Å². The highest BCUT2D eigenvalue weighted by Gasteiger charge is 2.23. The number of hydrogen-bond acceptors (Lipinski definition) is 8. The van der Waals surface area contributed by atoms with Gasteiger partial charge in [0.05, 0.1) is 23.3 Å². The number of fused-ring (bicyclic) bond motifs is 1. The summed E-state index contributed by atoms with van der Waals surface area (Å²) < 4.78 is 0. The van der Waals surface area contributed by atoms with E-state index in [2.05, 4.69) is 55.4 Å². The van der Waals surface area contributed by atoms with Gasteiger partial charge in [-0.05, 0) is 25.5 Å². The fourth-order valence-corrected chi connectivity index (χ4v) is 4.25. The molecule has 1 aliphatic rings. The zero-order chi connectivity index (χ0) is 20.4. The van der Waals surface area contributed by atoms with Crippen LogP contribution in [0.3, 0.4) is 0 Å². The number of aryl methyl sites for hydroxylation is 2. The third kappa shape index (κ3) is 4.04. The second-order valence-corrected chi connectivity index (χ2v) is 8.00. The number of amides is 1. The Labute approximate surface area is 172 Å². The molecule has 0 atom stereocenters. The zero-order valence-corrected chi connectivity index (χ0v) is 17.2. The molecule has 1 saturated heterocycles. The van der Waals surface area contributed by atoms with Crippen molar-refractivity contribution in [2.75, 3.05) is 42.9 Å². The third-order valence-corrected chi connectivity index (χ3v) is 5.67. The number of anilines is 2. The molecule has 3 heterocycles. The Morgan fingerprint density at radius 1 is 1.28 bits per heavy atom. The molecule has 1 amide bonds. The van der Waals surface area contributed by atoms with Gasteiger partial charge in [0.15, 0.2) is 0 Å². The maximum atomic E-state index is 12.2. The summed E-state index contributed by atoms with van der Waals surface area (Å²) in [4.78, 5) is 21.1. The first-order valence-corrected chi connectivity index (χ1v) is 10.3. The van der Waals surface area contributed by atoms with Crippen molar-refractivity contribution in [2.45, 2.75) is 13.8 Å². The molecule has 2 aromatic heterocycles. The highest BCUT2D eigenvalue weighted by atomic mass is 32.1. The third-order valence-electron chi connectivity index (χ3n) is 5.06. The van der Waals surface area contributed by atoms with Crippen LogP contribution in [0, 0.1) is 25.2 Å². The molecule has 1 N–H and O–H groups in total. The van der Waals surface area contributed by atoms with Gasteiger partial charge in [0.1, 0.15) is 11.6 Å². The van der Waals surface area contributed by atoms with Crippen molar-refractivity contribution < 1.29 is 4.79 Å². The van der Waals surface area contributed by atoms with Crippen LogP contribution < -0.4 is 10.2 Å². The van der Waals surface area contributed by atoms with Gasteiger partial charge in [-0.15, -0.1) is 10.2 Å². The average Bonchev–Trinajstić information content (AvgIpc) is 3.20. The van der Waals surface area contributed by atoms with Crippen LogP contribution in [0.25, 0.3) is 10.9 Å². The Kier molecular flexibility index (Phi) is 5.38. The lowest BCUT2D eigenvalue weighted by Crippen LogP contribution is -2.49. The number of hydrogen-bond donors (Lipinski definition) is 1. The quantitative estimate of drug-likeness (QED) is 0.709. The minimum absolute atomic E-state index is 0.0893. The predicted octanol–water partition coefficient (Wildman–Crippen LogP) is 2.34. The van der Waals surface area contributed by atoms with E-state index in [1.807, 2.05) is 6.92 Å².